The number of fused-ring (bicyclic) bond motifs is 1. The van der Waals surface area contributed by atoms with Crippen LogP contribution in [0, 0.1) is 17.1 Å². The second-order valence-electron chi connectivity index (χ2n) is 6.83. The van der Waals surface area contributed by atoms with E-state index < -0.39 is 21.9 Å². The summed E-state index contributed by atoms with van der Waals surface area (Å²) in [5, 5.41) is 9.15. The topological polar surface area (TPSA) is 85.0 Å². The van der Waals surface area contributed by atoms with Gasteiger partial charge in [-0.2, -0.15) is 5.26 Å². The summed E-state index contributed by atoms with van der Waals surface area (Å²) >= 11 is 1.58. The molecule has 3 aromatic rings. The van der Waals surface area contributed by atoms with Crippen molar-refractivity contribution in [1.82, 2.24) is 9.97 Å². The molecule has 0 amide bonds. The van der Waals surface area contributed by atoms with Gasteiger partial charge in [0.2, 0.25) is 0 Å². The molecule has 0 aliphatic carbocycles. The van der Waals surface area contributed by atoms with Crippen LogP contribution in [0.25, 0.3) is 21.5 Å². The Bertz CT molecular complexity index is 1100. The quantitative estimate of drug-likeness (QED) is 0.330. The van der Waals surface area contributed by atoms with E-state index in [1.165, 1.54) is 41.4 Å². The number of nitrogens with zero attached hydrogens (tertiary/aromatic N) is 4. The van der Waals surface area contributed by atoms with Gasteiger partial charge in [-0.15, -0.1) is 11.3 Å². The average Bonchev–Trinajstić information content (AvgIpc) is 3.07. The molecule has 2 aromatic heterocycles. The first-order valence-electron chi connectivity index (χ1n) is 8.24. The number of halogens is 1. The molecule has 1 atom stereocenters. The number of aromatic nitrogens is 2. The molecule has 0 fully saturated rings. The van der Waals surface area contributed by atoms with Crippen LogP contribution < -0.4 is 0 Å². The normalized spacial score (nSPS) is 13.2. The summed E-state index contributed by atoms with van der Waals surface area (Å²) in [4.78, 5) is 9.05. The fraction of sp³-hybridized carbons (Fsp3) is 0.263. The second kappa shape index (κ2) is 8.17. The zero-order chi connectivity index (χ0) is 20.5. The molecule has 0 bridgehead atoms. The number of hydrogen-bond acceptors (Lipinski definition) is 7. The van der Waals surface area contributed by atoms with Crippen molar-refractivity contribution in [2.45, 2.75) is 29.9 Å². The highest BCUT2D eigenvalue weighted by atomic mass is 32.2. The number of hydrogen-bond donors (Lipinski definition) is 0. The lowest BCUT2D eigenvalue weighted by atomic mass is 10.0. The summed E-state index contributed by atoms with van der Waals surface area (Å²) in [5.74, 6) is -0.577. The van der Waals surface area contributed by atoms with Gasteiger partial charge in [-0.3, -0.25) is 0 Å². The van der Waals surface area contributed by atoms with Gasteiger partial charge in [0.05, 0.1) is 16.0 Å². The van der Waals surface area contributed by atoms with E-state index in [2.05, 4.69) is 14.4 Å². The molecule has 3 rings (SSSR count). The van der Waals surface area contributed by atoms with Crippen LogP contribution >= 0.6 is 23.1 Å². The van der Waals surface area contributed by atoms with Gasteiger partial charge in [0.25, 0.3) is 0 Å². The zero-order valence-electron chi connectivity index (χ0n) is 15.7. The Morgan fingerprint density at radius 1 is 1.32 bits per heavy atom. The lowest BCUT2D eigenvalue weighted by molar-refractivity contribution is 0.562. The largest absolute Gasteiger partial charge is 0.591 e. The van der Waals surface area contributed by atoms with Crippen molar-refractivity contribution < 1.29 is 8.94 Å². The molecule has 0 unspecified atom stereocenters. The molecule has 0 saturated carbocycles. The van der Waals surface area contributed by atoms with Gasteiger partial charge in [0, 0.05) is 5.56 Å². The summed E-state index contributed by atoms with van der Waals surface area (Å²) in [6.07, 6.45) is 3.40. The second-order valence-corrected chi connectivity index (χ2v) is 10.8. The van der Waals surface area contributed by atoms with Gasteiger partial charge in [-0.05, 0) is 50.8 Å². The van der Waals surface area contributed by atoms with Gasteiger partial charge in [0.1, 0.15) is 34.2 Å². The number of benzene rings is 1. The molecule has 9 heteroatoms. The maximum atomic E-state index is 13.8. The van der Waals surface area contributed by atoms with E-state index in [4.69, 9.17) is 5.26 Å². The van der Waals surface area contributed by atoms with Crippen molar-refractivity contribution in [1.29, 1.82) is 5.26 Å². The van der Waals surface area contributed by atoms with Crippen LogP contribution in [0.15, 0.2) is 33.0 Å². The number of thiazole rings is 1. The smallest absolute Gasteiger partial charge is 0.172 e. The Hall–Kier alpha value is -1.99. The number of thioether (sulfide) groups is 1. The van der Waals surface area contributed by atoms with E-state index in [0.29, 0.717) is 22.5 Å². The monoisotopic (exact) mass is 432 g/mol. The predicted octanol–water partition coefficient (Wildman–Crippen LogP) is 4.97. The van der Waals surface area contributed by atoms with E-state index in [1.807, 2.05) is 39.2 Å². The minimum atomic E-state index is -1.45. The van der Waals surface area contributed by atoms with E-state index >= 15 is 0 Å². The molecule has 0 spiro atoms. The van der Waals surface area contributed by atoms with Crippen molar-refractivity contribution in [2.24, 2.45) is 4.40 Å². The van der Waals surface area contributed by atoms with Crippen LogP contribution in [0.5, 0.6) is 0 Å². The first kappa shape index (κ1) is 20.7. The first-order chi connectivity index (χ1) is 13.2. The highest BCUT2D eigenvalue weighted by molar-refractivity contribution is 8.00. The van der Waals surface area contributed by atoms with Crippen LogP contribution in [0.1, 0.15) is 32.0 Å². The van der Waals surface area contributed by atoms with Gasteiger partial charge in [-0.25, -0.2) is 14.4 Å². The van der Waals surface area contributed by atoms with Gasteiger partial charge < -0.3 is 4.55 Å². The summed E-state index contributed by atoms with van der Waals surface area (Å²) in [6, 6.07) is 8.08. The number of rotatable bonds is 4. The van der Waals surface area contributed by atoms with Gasteiger partial charge >= 0.3 is 0 Å². The maximum absolute atomic E-state index is 13.8. The number of nitriles is 1. The molecule has 0 radical (unpaired) electrons. The molecule has 0 aliphatic heterocycles. The van der Waals surface area contributed by atoms with E-state index in [0.717, 1.165) is 9.04 Å². The molecule has 2 heterocycles. The molecular weight excluding hydrogens is 415 g/mol. The Morgan fingerprint density at radius 2 is 2.07 bits per heavy atom. The van der Waals surface area contributed by atoms with Crippen molar-refractivity contribution in [2.75, 3.05) is 6.26 Å². The first-order valence-corrected chi connectivity index (χ1v) is 11.4. The van der Waals surface area contributed by atoms with Crippen LogP contribution in [0.3, 0.4) is 0 Å². The van der Waals surface area contributed by atoms with Gasteiger partial charge in [0.15, 0.2) is 9.99 Å². The van der Waals surface area contributed by atoms with E-state index in [9.17, 15) is 8.94 Å². The molecule has 0 saturated heterocycles. The van der Waals surface area contributed by atoms with Crippen LogP contribution in [0.4, 0.5) is 4.39 Å². The molecular formula is C19H17FN4OS3. The minimum absolute atomic E-state index is 0.0483. The highest BCUT2D eigenvalue weighted by Gasteiger charge is 2.26. The SMILES string of the molecule is CSc1nc2nc(C=N[S@@+]([O-])C(C)(C)C)c(-c3ccc(F)c(C#N)c3)cc2s1. The maximum Gasteiger partial charge on any atom is 0.172 e. The summed E-state index contributed by atoms with van der Waals surface area (Å²) < 4.78 is 31.5. The third-order valence-electron chi connectivity index (χ3n) is 3.76. The van der Waals surface area contributed by atoms with E-state index in [-0.39, 0.29) is 5.56 Å². The lowest BCUT2D eigenvalue weighted by Crippen LogP contribution is -2.25. The minimum Gasteiger partial charge on any atom is -0.591 e. The molecule has 28 heavy (non-hydrogen) atoms. The summed E-state index contributed by atoms with van der Waals surface area (Å²) in [7, 11) is 0. The standard InChI is InChI=1S/C19H17FN4OS3/c1-19(2,3)28(25)22-10-15-13(11-5-6-14(20)12(7-11)9-21)8-16-17(23-15)24-18(26-4)27-16/h5-8,10H,1-4H3/t28-/m0/s1. The molecule has 144 valence electrons. The third kappa shape index (κ3) is 4.36. The van der Waals surface area contributed by atoms with Crippen molar-refractivity contribution in [3.05, 3.63) is 41.3 Å². The number of pyridine rings is 1. The fourth-order valence-electron chi connectivity index (χ4n) is 2.31. The Morgan fingerprint density at radius 3 is 2.71 bits per heavy atom. The van der Waals surface area contributed by atoms with Crippen molar-refractivity contribution in [3.63, 3.8) is 0 Å². The Labute approximate surface area is 174 Å². The van der Waals surface area contributed by atoms with Crippen LogP contribution in [0.2, 0.25) is 0 Å². The zero-order valence-corrected chi connectivity index (χ0v) is 18.1. The predicted molar refractivity (Wildman–Crippen MR) is 115 cm³/mol. The average molecular weight is 433 g/mol. The molecule has 5 nitrogen and oxygen atoms in total. The molecule has 1 aromatic carbocycles. The van der Waals surface area contributed by atoms with Crippen molar-refractivity contribution >= 4 is 51.0 Å². The van der Waals surface area contributed by atoms with Crippen LogP contribution in [-0.2, 0) is 11.4 Å². The van der Waals surface area contributed by atoms with Crippen LogP contribution in [-0.4, -0.2) is 31.7 Å². The van der Waals surface area contributed by atoms with Crippen molar-refractivity contribution in [3.8, 4) is 17.2 Å². The third-order valence-corrected chi connectivity index (χ3v) is 7.08. The lowest BCUT2D eigenvalue weighted by Gasteiger charge is -2.17. The Balaban J connectivity index is 2.18. The van der Waals surface area contributed by atoms with Gasteiger partial charge in [-0.1, -0.05) is 22.2 Å². The summed E-state index contributed by atoms with van der Waals surface area (Å²) in [5.41, 5.74) is 2.31. The van der Waals surface area contributed by atoms with E-state index in [1.54, 1.807) is 6.07 Å². The highest BCUT2D eigenvalue weighted by Crippen LogP contribution is 2.33. The fourth-order valence-corrected chi connectivity index (χ4v) is 4.28. The summed E-state index contributed by atoms with van der Waals surface area (Å²) in [6.45, 7) is 5.51. The Kier molecular flexibility index (Phi) is 6.05. The molecule has 0 N–H and O–H groups in total. The molecule has 0 aliphatic rings.